The minimum Gasteiger partial charge on any atom is -0.495 e. The third-order valence-electron chi connectivity index (χ3n) is 5.48. The Hall–Kier alpha value is -3.64. The van der Waals surface area contributed by atoms with E-state index in [2.05, 4.69) is 25.8 Å². The molecule has 0 saturated heterocycles. The van der Waals surface area contributed by atoms with Crippen LogP contribution in [0.1, 0.15) is 16.2 Å². The first-order valence-corrected chi connectivity index (χ1v) is 14.1. The van der Waals surface area contributed by atoms with Crippen molar-refractivity contribution >= 4 is 73.5 Å². The van der Waals surface area contributed by atoms with Crippen molar-refractivity contribution in [3.8, 4) is 11.4 Å². The molecule has 0 saturated carbocycles. The third-order valence-corrected chi connectivity index (χ3v) is 7.92. The molecule has 0 fully saturated rings. The first kappa shape index (κ1) is 26.9. The first-order valence-electron chi connectivity index (χ1n) is 11.5. The molecule has 0 unspecified atom stereocenters. The Kier molecular flexibility index (Phi) is 8.32. The van der Waals surface area contributed by atoms with Crippen LogP contribution in [0, 0.1) is 0 Å². The van der Waals surface area contributed by atoms with Crippen molar-refractivity contribution < 1.29 is 14.3 Å². The number of hydrogen-bond acceptors (Lipinski definition) is 8. The van der Waals surface area contributed by atoms with Crippen molar-refractivity contribution in [2.75, 3.05) is 18.2 Å². The fourth-order valence-corrected chi connectivity index (χ4v) is 5.72. The predicted octanol–water partition coefficient (Wildman–Crippen LogP) is 5.85. The molecule has 2 N–H and O–H groups in total. The summed E-state index contributed by atoms with van der Waals surface area (Å²) in [6.07, 6.45) is 0. The second-order valence-corrected chi connectivity index (χ2v) is 10.9. The first-order chi connectivity index (χ1) is 18.9. The van der Waals surface area contributed by atoms with Crippen molar-refractivity contribution in [1.82, 2.24) is 25.1 Å². The van der Waals surface area contributed by atoms with Crippen molar-refractivity contribution in [1.29, 1.82) is 0 Å². The molecule has 0 aliphatic heterocycles. The number of rotatable bonds is 9. The normalized spacial score (nSPS) is 10.9. The van der Waals surface area contributed by atoms with Crippen LogP contribution >= 0.6 is 46.3 Å². The summed E-state index contributed by atoms with van der Waals surface area (Å²) in [7, 11) is 1.56. The number of thiazole rings is 1. The van der Waals surface area contributed by atoms with Gasteiger partial charge >= 0.3 is 0 Å². The van der Waals surface area contributed by atoms with Gasteiger partial charge in [0.2, 0.25) is 5.91 Å². The molecular weight excluding hydrogens is 579 g/mol. The van der Waals surface area contributed by atoms with Gasteiger partial charge in [-0.2, -0.15) is 0 Å². The van der Waals surface area contributed by atoms with E-state index < -0.39 is 5.91 Å². The van der Waals surface area contributed by atoms with Gasteiger partial charge in [-0.05, 0) is 42.5 Å². The molecule has 0 spiro atoms. The fraction of sp³-hybridized carbons (Fsp3) is 0.115. The van der Waals surface area contributed by atoms with E-state index in [9.17, 15) is 9.59 Å². The number of methoxy groups -OCH3 is 1. The lowest BCUT2D eigenvalue weighted by Gasteiger charge is -2.14. The molecule has 5 rings (SSSR count). The zero-order valence-corrected chi connectivity index (χ0v) is 23.5. The van der Waals surface area contributed by atoms with E-state index in [1.165, 1.54) is 29.2 Å². The van der Waals surface area contributed by atoms with Gasteiger partial charge in [-0.3, -0.25) is 14.2 Å². The van der Waals surface area contributed by atoms with Crippen LogP contribution in [0.25, 0.3) is 15.9 Å². The van der Waals surface area contributed by atoms with E-state index in [1.807, 2.05) is 42.5 Å². The van der Waals surface area contributed by atoms with Crippen LogP contribution in [0.5, 0.6) is 5.75 Å². The van der Waals surface area contributed by atoms with E-state index in [1.54, 1.807) is 29.9 Å². The van der Waals surface area contributed by atoms with Crippen LogP contribution in [0.4, 0.5) is 5.13 Å². The Labute approximate surface area is 241 Å². The predicted molar refractivity (Wildman–Crippen MR) is 155 cm³/mol. The van der Waals surface area contributed by atoms with Gasteiger partial charge in [0.1, 0.15) is 5.75 Å². The summed E-state index contributed by atoms with van der Waals surface area (Å²) < 4.78 is 8.28. The molecular formula is C26H20Cl2N6O3S2. The molecule has 198 valence electrons. The number of thioether (sulfide) groups is 1. The monoisotopic (exact) mass is 598 g/mol. The van der Waals surface area contributed by atoms with Crippen LogP contribution < -0.4 is 15.4 Å². The minimum absolute atomic E-state index is 0.0329. The highest BCUT2D eigenvalue weighted by Gasteiger charge is 2.20. The lowest BCUT2D eigenvalue weighted by molar-refractivity contribution is -0.113. The fourth-order valence-electron chi connectivity index (χ4n) is 3.70. The van der Waals surface area contributed by atoms with Gasteiger partial charge in [0.25, 0.3) is 5.91 Å². The van der Waals surface area contributed by atoms with E-state index in [0.29, 0.717) is 32.6 Å². The van der Waals surface area contributed by atoms with Crippen LogP contribution in [-0.4, -0.2) is 44.4 Å². The van der Waals surface area contributed by atoms with Crippen LogP contribution in [0.15, 0.2) is 71.9 Å². The number of fused-ring (bicyclic) bond motifs is 1. The molecule has 9 nitrogen and oxygen atoms in total. The third kappa shape index (κ3) is 6.17. The Balaban J connectivity index is 1.35. The number of nitrogens with zero attached hydrogens (tertiary/aromatic N) is 4. The number of aromatic nitrogens is 4. The quantitative estimate of drug-likeness (QED) is 0.205. The summed E-state index contributed by atoms with van der Waals surface area (Å²) in [6.45, 7) is 0.0329. The van der Waals surface area contributed by atoms with Crippen molar-refractivity contribution in [2.45, 2.75) is 11.7 Å². The second-order valence-electron chi connectivity index (χ2n) is 8.04. The van der Waals surface area contributed by atoms with Gasteiger partial charge in [-0.1, -0.05) is 70.6 Å². The SMILES string of the molecule is COc1ccccc1-n1c(CNC(=O)c2cc(Cl)ccc2Cl)nnc1SCC(=O)Nc1nc2ccccc2s1. The topological polar surface area (TPSA) is 111 Å². The van der Waals surface area contributed by atoms with Gasteiger partial charge in [-0.15, -0.1) is 10.2 Å². The van der Waals surface area contributed by atoms with Crippen molar-refractivity contribution in [2.24, 2.45) is 0 Å². The molecule has 39 heavy (non-hydrogen) atoms. The number of halogens is 2. The number of carbonyl (C=O) groups is 2. The Bertz CT molecular complexity index is 1640. The summed E-state index contributed by atoms with van der Waals surface area (Å²) in [6, 6.07) is 19.7. The number of ether oxygens (including phenoxy) is 1. The van der Waals surface area contributed by atoms with Crippen LogP contribution in [-0.2, 0) is 11.3 Å². The molecule has 13 heteroatoms. The summed E-state index contributed by atoms with van der Waals surface area (Å²) in [5, 5.41) is 15.9. The Morgan fingerprint density at radius 3 is 2.67 bits per heavy atom. The summed E-state index contributed by atoms with van der Waals surface area (Å²) >= 11 is 14.8. The molecule has 0 aliphatic rings. The van der Waals surface area contributed by atoms with Gasteiger partial charge in [0, 0.05) is 5.02 Å². The molecule has 0 atom stereocenters. The number of hydrogen-bond donors (Lipinski definition) is 2. The molecule has 2 amide bonds. The summed E-state index contributed by atoms with van der Waals surface area (Å²) in [5.74, 6) is 0.414. The second kappa shape index (κ2) is 12.0. The molecule has 3 aromatic carbocycles. The number of nitrogens with one attached hydrogen (secondary N) is 2. The van der Waals surface area contributed by atoms with E-state index >= 15 is 0 Å². The standard InChI is InChI=1S/C26H20Cl2N6O3S2/c1-37-20-8-4-3-7-19(20)34-22(13-29-24(36)16-12-15(27)10-11-17(16)28)32-33-26(34)38-14-23(35)31-25-30-18-6-2-5-9-21(18)39-25/h2-12H,13-14H2,1H3,(H,29,36)(H,30,31,35). The highest BCUT2D eigenvalue weighted by atomic mass is 35.5. The maximum Gasteiger partial charge on any atom is 0.253 e. The number of benzene rings is 3. The van der Waals surface area contributed by atoms with E-state index in [0.717, 1.165) is 10.2 Å². The average Bonchev–Trinajstić information content (AvgIpc) is 3.54. The number of amides is 2. The highest BCUT2D eigenvalue weighted by molar-refractivity contribution is 7.99. The van der Waals surface area contributed by atoms with Crippen molar-refractivity contribution in [3.05, 3.63) is 88.2 Å². The summed E-state index contributed by atoms with van der Waals surface area (Å²) in [5.41, 5.74) is 1.73. The molecule has 2 heterocycles. The van der Waals surface area contributed by atoms with E-state index in [-0.39, 0.29) is 28.8 Å². The maximum absolute atomic E-state index is 12.8. The highest BCUT2D eigenvalue weighted by Crippen LogP contribution is 2.30. The molecule has 2 aromatic heterocycles. The Morgan fingerprint density at radius 2 is 1.85 bits per heavy atom. The smallest absolute Gasteiger partial charge is 0.253 e. The van der Waals surface area contributed by atoms with Crippen LogP contribution in [0.3, 0.4) is 0 Å². The lowest BCUT2D eigenvalue weighted by Crippen LogP contribution is -2.25. The molecule has 0 aliphatic carbocycles. The van der Waals surface area contributed by atoms with Gasteiger partial charge < -0.3 is 15.4 Å². The van der Waals surface area contributed by atoms with Gasteiger partial charge in [0.05, 0.1) is 45.9 Å². The summed E-state index contributed by atoms with van der Waals surface area (Å²) in [4.78, 5) is 30.0. The maximum atomic E-state index is 12.8. The minimum atomic E-state index is -0.415. The molecule has 0 bridgehead atoms. The van der Waals surface area contributed by atoms with E-state index in [4.69, 9.17) is 27.9 Å². The zero-order chi connectivity index (χ0) is 27.4. The number of anilines is 1. The lowest BCUT2D eigenvalue weighted by atomic mass is 10.2. The number of para-hydroxylation sites is 3. The van der Waals surface area contributed by atoms with Gasteiger partial charge in [0.15, 0.2) is 16.1 Å². The largest absolute Gasteiger partial charge is 0.495 e. The van der Waals surface area contributed by atoms with Gasteiger partial charge in [-0.25, -0.2) is 4.98 Å². The zero-order valence-electron chi connectivity index (χ0n) is 20.4. The Morgan fingerprint density at radius 1 is 1.05 bits per heavy atom. The van der Waals surface area contributed by atoms with Crippen LogP contribution in [0.2, 0.25) is 10.0 Å². The average molecular weight is 600 g/mol. The van der Waals surface area contributed by atoms with Crippen molar-refractivity contribution in [3.63, 3.8) is 0 Å². The molecule has 0 radical (unpaired) electrons. The molecule has 5 aromatic rings. The number of carbonyl (C=O) groups excluding carboxylic acids is 2.